The van der Waals surface area contributed by atoms with Crippen molar-refractivity contribution in [3.63, 3.8) is 0 Å². The fraction of sp³-hybridized carbons (Fsp3) is 0.292. The first-order valence-electron chi connectivity index (χ1n) is 10.6. The average Bonchev–Trinajstić information content (AvgIpc) is 3.29. The van der Waals surface area contributed by atoms with Crippen molar-refractivity contribution in [2.24, 2.45) is 5.92 Å². The Morgan fingerprint density at radius 2 is 1.85 bits per heavy atom. The standard InChI is InChI=1S/C24H24N4O3S2/c1-16-3-4-17(2)21(13-16)22-15-32-24(26-22)27-23(29)19-9-11-28(12-10-19)33(30,31)20-7-5-18(14-25)6-8-20/h3-8,13,15,19H,9-12H2,1-2H3,(H,26,27,29). The highest BCUT2D eigenvalue weighted by atomic mass is 32.2. The van der Waals surface area contributed by atoms with Gasteiger partial charge in [-0.15, -0.1) is 11.3 Å². The second-order valence-corrected chi connectivity index (χ2v) is 11.0. The van der Waals surface area contributed by atoms with Crippen LogP contribution in [0.4, 0.5) is 5.13 Å². The highest BCUT2D eigenvalue weighted by molar-refractivity contribution is 7.89. The molecular weight excluding hydrogens is 456 g/mol. The summed E-state index contributed by atoms with van der Waals surface area (Å²) in [6, 6.07) is 14.1. The number of nitrogens with zero attached hydrogens (tertiary/aromatic N) is 3. The van der Waals surface area contributed by atoms with Gasteiger partial charge in [0.05, 0.1) is 22.2 Å². The van der Waals surface area contributed by atoms with E-state index in [1.807, 2.05) is 25.3 Å². The largest absolute Gasteiger partial charge is 0.302 e. The monoisotopic (exact) mass is 480 g/mol. The van der Waals surface area contributed by atoms with E-state index >= 15 is 0 Å². The van der Waals surface area contributed by atoms with Crippen molar-refractivity contribution in [2.75, 3.05) is 18.4 Å². The van der Waals surface area contributed by atoms with Crippen molar-refractivity contribution < 1.29 is 13.2 Å². The fourth-order valence-electron chi connectivity index (χ4n) is 3.88. The number of hydrogen-bond donors (Lipinski definition) is 1. The van der Waals surface area contributed by atoms with E-state index in [9.17, 15) is 13.2 Å². The van der Waals surface area contributed by atoms with Crippen LogP contribution in [0.5, 0.6) is 0 Å². The molecule has 1 saturated heterocycles. The average molecular weight is 481 g/mol. The number of carbonyl (C=O) groups excluding carboxylic acids is 1. The summed E-state index contributed by atoms with van der Waals surface area (Å²) in [5.74, 6) is -0.405. The number of rotatable bonds is 5. The van der Waals surface area contributed by atoms with Crippen LogP contribution in [0.25, 0.3) is 11.3 Å². The molecule has 4 rings (SSSR count). The van der Waals surface area contributed by atoms with Crippen LogP contribution in [-0.2, 0) is 14.8 Å². The first-order chi connectivity index (χ1) is 15.8. The summed E-state index contributed by atoms with van der Waals surface area (Å²) in [6.07, 6.45) is 0.882. The lowest BCUT2D eigenvalue weighted by molar-refractivity contribution is -0.120. The number of sulfonamides is 1. The van der Waals surface area contributed by atoms with Gasteiger partial charge in [-0.2, -0.15) is 9.57 Å². The van der Waals surface area contributed by atoms with Gasteiger partial charge in [-0.1, -0.05) is 17.7 Å². The van der Waals surface area contributed by atoms with Crippen LogP contribution in [0.3, 0.4) is 0 Å². The second-order valence-electron chi connectivity index (χ2n) is 8.16. The number of anilines is 1. The third kappa shape index (κ3) is 4.98. The number of nitrogens with one attached hydrogen (secondary N) is 1. The SMILES string of the molecule is Cc1ccc(C)c(-c2csc(NC(=O)C3CCN(S(=O)(=O)c4ccc(C#N)cc4)CC3)n2)c1. The second kappa shape index (κ2) is 9.43. The van der Waals surface area contributed by atoms with Gasteiger partial charge >= 0.3 is 0 Å². The lowest BCUT2D eigenvalue weighted by atomic mass is 9.97. The Hall–Kier alpha value is -3.06. The fourth-order valence-corrected chi connectivity index (χ4v) is 6.07. The van der Waals surface area contributed by atoms with E-state index in [0.717, 1.165) is 22.4 Å². The lowest BCUT2D eigenvalue weighted by Crippen LogP contribution is -2.41. The zero-order valence-electron chi connectivity index (χ0n) is 18.4. The number of aryl methyl sites for hydroxylation is 2. The number of amides is 1. The van der Waals surface area contributed by atoms with Crippen molar-refractivity contribution in [1.82, 2.24) is 9.29 Å². The minimum atomic E-state index is -3.65. The maximum Gasteiger partial charge on any atom is 0.243 e. The van der Waals surface area contributed by atoms with Gasteiger partial charge in [0.25, 0.3) is 0 Å². The molecule has 1 aliphatic heterocycles. The first kappa shape index (κ1) is 23.1. The number of thiazole rings is 1. The van der Waals surface area contributed by atoms with Gasteiger partial charge in [-0.05, 0) is 62.6 Å². The van der Waals surface area contributed by atoms with E-state index in [4.69, 9.17) is 5.26 Å². The topological polar surface area (TPSA) is 103 Å². The Bertz CT molecular complexity index is 1320. The van der Waals surface area contributed by atoms with Crippen molar-refractivity contribution in [1.29, 1.82) is 5.26 Å². The minimum Gasteiger partial charge on any atom is -0.302 e. The Morgan fingerprint density at radius 1 is 1.15 bits per heavy atom. The van der Waals surface area contributed by atoms with Gasteiger partial charge in [0.1, 0.15) is 0 Å². The highest BCUT2D eigenvalue weighted by Crippen LogP contribution is 2.30. The summed E-state index contributed by atoms with van der Waals surface area (Å²) in [5.41, 5.74) is 4.57. The van der Waals surface area contributed by atoms with Gasteiger partial charge in [0.2, 0.25) is 15.9 Å². The molecule has 2 heterocycles. The summed E-state index contributed by atoms with van der Waals surface area (Å²) >= 11 is 1.38. The molecule has 1 aromatic heterocycles. The summed E-state index contributed by atoms with van der Waals surface area (Å²) in [7, 11) is -3.65. The molecule has 0 atom stereocenters. The number of nitriles is 1. The molecular formula is C24H24N4O3S2. The van der Waals surface area contributed by atoms with Gasteiger partial charge in [0, 0.05) is 30.0 Å². The van der Waals surface area contributed by atoms with E-state index in [0.29, 0.717) is 23.5 Å². The Kier molecular flexibility index (Phi) is 6.61. The molecule has 0 saturated carbocycles. The number of hydrogen-bond acceptors (Lipinski definition) is 6. The molecule has 33 heavy (non-hydrogen) atoms. The van der Waals surface area contributed by atoms with E-state index in [1.54, 1.807) is 0 Å². The van der Waals surface area contributed by atoms with Crippen molar-refractivity contribution in [2.45, 2.75) is 31.6 Å². The Balaban J connectivity index is 1.37. The maximum atomic E-state index is 12.9. The summed E-state index contributed by atoms with van der Waals surface area (Å²) in [5, 5.41) is 14.3. The van der Waals surface area contributed by atoms with E-state index in [-0.39, 0.29) is 29.8 Å². The Labute approximate surface area is 197 Å². The normalized spacial score (nSPS) is 15.2. The van der Waals surface area contributed by atoms with Crippen molar-refractivity contribution >= 4 is 32.4 Å². The molecule has 170 valence electrons. The summed E-state index contributed by atoms with van der Waals surface area (Å²) in [6.45, 7) is 4.61. The molecule has 0 spiro atoms. The van der Waals surface area contributed by atoms with Gasteiger partial charge in [0.15, 0.2) is 5.13 Å². The quantitative estimate of drug-likeness (QED) is 0.585. The number of aromatic nitrogens is 1. The molecule has 1 N–H and O–H groups in total. The molecule has 0 radical (unpaired) electrons. The van der Waals surface area contributed by atoms with Crippen LogP contribution >= 0.6 is 11.3 Å². The third-order valence-corrected chi connectivity index (χ3v) is 8.52. The number of piperidine rings is 1. The van der Waals surface area contributed by atoms with Gasteiger partial charge in [-0.3, -0.25) is 4.79 Å². The van der Waals surface area contributed by atoms with E-state index in [2.05, 4.69) is 28.5 Å². The van der Waals surface area contributed by atoms with Crippen LogP contribution in [0.1, 0.15) is 29.5 Å². The molecule has 0 aliphatic carbocycles. The predicted molar refractivity (Wildman–Crippen MR) is 128 cm³/mol. The molecule has 1 aliphatic rings. The van der Waals surface area contributed by atoms with Crippen LogP contribution in [0.15, 0.2) is 52.7 Å². The molecule has 0 bridgehead atoms. The summed E-state index contributed by atoms with van der Waals surface area (Å²) < 4.78 is 27.2. The van der Waals surface area contributed by atoms with Crippen LogP contribution in [0.2, 0.25) is 0 Å². The maximum absolute atomic E-state index is 12.9. The Morgan fingerprint density at radius 3 is 2.52 bits per heavy atom. The number of carbonyl (C=O) groups is 1. The van der Waals surface area contributed by atoms with Crippen LogP contribution in [0, 0.1) is 31.1 Å². The number of benzene rings is 2. The molecule has 2 aromatic carbocycles. The van der Waals surface area contributed by atoms with Crippen LogP contribution in [-0.4, -0.2) is 36.7 Å². The predicted octanol–water partition coefficient (Wildman–Crippen LogP) is 4.34. The highest BCUT2D eigenvalue weighted by Gasteiger charge is 2.32. The van der Waals surface area contributed by atoms with Crippen molar-refractivity contribution in [3.05, 3.63) is 64.5 Å². The zero-order valence-corrected chi connectivity index (χ0v) is 20.0. The van der Waals surface area contributed by atoms with Gasteiger partial charge < -0.3 is 5.32 Å². The van der Waals surface area contributed by atoms with E-state index in [1.165, 1.54) is 39.9 Å². The molecule has 1 fully saturated rings. The van der Waals surface area contributed by atoms with Crippen molar-refractivity contribution in [3.8, 4) is 17.3 Å². The molecule has 1 amide bonds. The summed E-state index contributed by atoms with van der Waals surface area (Å²) in [4.78, 5) is 17.5. The van der Waals surface area contributed by atoms with Gasteiger partial charge in [-0.25, -0.2) is 13.4 Å². The first-order valence-corrected chi connectivity index (χ1v) is 12.9. The molecule has 0 unspecified atom stereocenters. The lowest BCUT2D eigenvalue weighted by Gasteiger charge is -2.30. The molecule has 9 heteroatoms. The molecule has 3 aromatic rings. The smallest absolute Gasteiger partial charge is 0.243 e. The third-order valence-electron chi connectivity index (χ3n) is 5.85. The zero-order chi connectivity index (χ0) is 23.6. The molecule has 7 nitrogen and oxygen atoms in total. The van der Waals surface area contributed by atoms with E-state index < -0.39 is 10.0 Å². The minimum absolute atomic E-state index is 0.132. The van der Waals surface area contributed by atoms with Crippen LogP contribution < -0.4 is 5.32 Å².